The fourth-order valence-corrected chi connectivity index (χ4v) is 3.16. The molecule has 28 heavy (non-hydrogen) atoms. The number of anilines is 1. The summed E-state index contributed by atoms with van der Waals surface area (Å²) in [4.78, 5) is 31.0. The third-order valence-corrected chi connectivity index (χ3v) is 5.14. The van der Waals surface area contributed by atoms with Crippen LogP contribution in [0.3, 0.4) is 0 Å². The highest BCUT2D eigenvalue weighted by Gasteiger charge is 2.20. The molecule has 0 saturated heterocycles. The monoisotopic (exact) mass is 404 g/mol. The van der Waals surface area contributed by atoms with Gasteiger partial charge in [-0.15, -0.1) is 11.3 Å². The van der Waals surface area contributed by atoms with Crippen molar-refractivity contribution >= 4 is 29.0 Å². The van der Waals surface area contributed by atoms with Crippen LogP contribution < -0.4 is 15.4 Å². The lowest BCUT2D eigenvalue weighted by molar-refractivity contribution is 0.0934. The molecule has 0 bridgehead atoms. The molecule has 1 heterocycles. The molecule has 0 spiro atoms. The highest BCUT2D eigenvalue weighted by Crippen LogP contribution is 2.18. The normalized spacial score (nSPS) is 11.8. The summed E-state index contributed by atoms with van der Waals surface area (Å²) >= 11 is 1.38. The number of hydrogen-bond donors (Lipinski definition) is 2. The van der Waals surface area contributed by atoms with Crippen molar-refractivity contribution in [2.24, 2.45) is 0 Å². The van der Waals surface area contributed by atoms with Crippen LogP contribution >= 0.6 is 11.3 Å². The van der Waals surface area contributed by atoms with Gasteiger partial charge in [-0.1, -0.05) is 6.92 Å². The molecule has 2 N–H and O–H groups in total. The van der Waals surface area contributed by atoms with E-state index in [0.717, 1.165) is 12.2 Å². The van der Waals surface area contributed by atoms with Crippen molar-refractivity contribution in [1.29, 1.82) is 0 Å². The van der Waals surface area contributed by atoms with Crippen molar-refractivity contribution in [3.63, 3.8) is 0 Å². The maximum Gasteiger partial charge on any atom is 0.322 e. The van der Waals surface area contributed by atoms with Gasteiger partial charge in [0.05, 0.1) is 13.7 Å². The fourth-order valence-electron chi connectivity index (χ4n) is 2.39. The number of nitrogens with zero attached hydrogens (tertiary/aromatic N) is 2. The summed E-state index contributed by atoms with van der Waals surface area (Å²) < 4.78 is 5.13. The topological polar surface area (TPSA) is 83.6 Å². The van der Waals surface area contributed by atoms with E-state index in [4.69, 9.17) is 4.74 Å². The van der Waals surface area contributed by atoms with Crippen molar-refractivity contribution in [2.45, 2.75) is 52.7 Å². The summed E-state index contributed by atoms with van der Waals surface area (Å²) in [5.74, 6) is 0.542. The molecule has 3 amide bonds. The maximum absolute atomic E-state index is 12.7. The third-order valence-electron chi connectivity index (χ3n) is 4.31. The summed E-state index contributed by atoms with van der Waals surface area (Å²) in [7, 11) is 1.60. The van der Waals surface area contributed by atoms with E-state index in [1.165, 1.54) is 11.3 Å². The van der Waals surface area contributed by atoms with Crippen LogP contribution in [0.1, 0.15) is 49.6 Å². The van der Waals surface area contributed by atoms with Gasteiger partial charge in [-0.3, -0.25) is 4.79 Å². The lowest BCUT2D eigenvalue weighted by Crippen LogP contribution is -2.39. The van der Waals surface area contributed by atoms with Crippen molar-refractivity contribution in [1.82, 2.24) is 15.2 Å². The average molecular weight is 405 g/mol. The summed E-state index contributed by atoms with van der Waals surface area (Å²) in [6.45, 7) is 8.19. The van der Waals surface area contributed by atoms with E-state index in [9.17, 15) is 9.59 Å². The summed E-state index contributed by atoms with van der Waals surface area (Å²) in [6, 6.07) is 7.00. The molecule has 8 heteroatoms. The van der Waals surface area contributed by atoms with Crippen LogP contribution in [-0.4, -0.2) is 41.0 Å². The molecular weight excluding hydrogens is 376 g/mol. The SMILES string of the molecule is CC[C@@H](C)NC(=O)c1csc(CN(C(=O)Nc2ccc(OC)cc2)C(C)C)n1. The minimum absolute atomic E-state index is 0.0282. The van der Waals surface area contributed by atoms with E-state index in [-0.39, 0.29) is 24.0 Å². The van der Waals surface area contributed by atoms with Crippen LogP contribution in [0.4, 0.5) is 10.5 Å². The molecular formula is C20H28N4O3S. The van der Waals surface area contributed by atoms with Crippen molar-refractivity contribution in [3.8, 4) is 5.75 Å². The smallest absolute Gasteiger partial charge is 0.322 e. The first kappa shape index (κ1) is 21.7. The lowest BCUT2D eigenvalue weighted by atomic mass is 10.2. The summed E-state index contributed by atoms with van der Waals surface area (Å²) in [5, 5.41) is 8.23. The Morgan fingerprint density at radius 1 is 1.21 bits per heavy atom. The third kappa shape index (κ3) is 5.95. The molecule has 2 rings (SSSR count). The zero-order valence-corrected chi connectivity index (χ0v) is 17.8. The van der Waals surface area contributed by atoms with Crippen molar-refractivity contribution in [2.75, 3.05) is 12.4 Å². The van der Waals surface area contributed by atoms with Gasteiger partial charge < -0.3 is 20.3 Å². The van der Waals surface area contributed by atoms with Gasteiger partial charge in [0.2, 0.25) is 0 Å². The van der Waals surface area contributed by atoms with Gasteiger partial charge in [-0.2, -0.15) is 0 Å². The van der Waals surface area contributed by atoms with Gasteiger partial charge in [0.1, 0.15) is 16.5 Å². The van der Waals surface area contributed by atoms with Gasteiger partial charge in [0, 0.05) is 23.2 Å². The fraction of sp³-hybridized carbons (Fsp3) is 0.450. The Morgan fingerprint density at radius 2 is 1.89 bits per heavy atom. The number of carbonyl (C=O) groups is 2. The molecule has 2 aromatic rings. The Morgan fingerprint density at radius 3 is 2.46 bits per heavy atom. The standard InChI is InChI=1S/C20H28N4O3S/c1-6-14(4)21-19(25)17-12-28-18(23-17)11-24(13(2)3)20(26)22-15-7-9-16(27-5)10-8-15/h7-10,12-14H,6,11H2,1-5H3,(H,21,25)(H,22,26)/t14-/m1/s1. The Kier molecular flexibility index (Phi) is 7.80. The van der Waals surface area contributed by atoms with E-state index in [1.54, 1.807) is 41.7 Å². The van der Waals surface area contributed by atoms with Gasteiger partial charge in [-0.05, 0) is 51.5 Å². The Balaban J connectivity index is 2.03. The Hall–Kier alpha value is -2.61. The minimum atomic E-state index is -0.221. The average Bonchev–Trinajstić information content (AvgIpc) is 3.15. The Labute approximate surface area is 170 Å². The predicted molar refractivity (Wildman–Crippen MR) is 112 cm³/mol. The summed E-state index contributed by atoms with van der Waals surface area (Å²) in [5.41, 5.74) is 1.07. The van der Waals surface area contributed by atoms with Crippen LogP contribution in [0, 0.1) is 0 Å². The van der Waals surface area contributed by atoms with E-state index in [0.29, 0.717) is 22.9 Å². The molecule has 0 fully saturated rings. The van der Waals surface area contributed by atoms with Crippen molar-refractivity contribution < 1.29 is 14.3 Å². The van der Waals surface area contributed by atoms with Gasteiger partial charge in [0.15, 0.2) is 0 Å². The van der Waals surface area contributed by atoms with Crippen LogP contribution in [0.2, 0.25) is 0 Å². The molecule has 1 atom stereocenters. The maximum atomic E-state index is 12.7. The number of aromatic nitrogens is 1. The summed E-state index contributed by atoms with van der Waals surface area (Å²) in [6.07, 6.45) is 0.857. The first-order valence-corrected chi connectivity index (χ1v) is 10.2. The number of methoxy groups -OCH3 is 1. The van der Waals surface area contributed by atoms with Gasteiger partial charge in [-0.25, -0.2) is 9.78 Å². The Bertz CT molecular complexity index is 789. The van der Waals surface area contributed by atoms with Crippen LogP contribution in [0.25, 0.3) is 0 Å². The number of amides is 3. The number of rotatable bonds is 8. The number of nitrogens with one attached hydrogen (secondary N) is 2. The number of benzene rings is 1. The molecule has 0 radical (unpaired) electrons. The predicted octanol–water partition coefficient (Wildman–Crippen LogP) is 4.12. The molecule has 1 aromatic heterocycles. The molecule has 1 aromatic carbocycles. The second-order valence-electron chi connectivity index (χ2n) is 6.79. The van der Waals surface area contributed by atoms with Gasteiger partial charge in [0.25, 0.3) is 5.91 Å². The van der Waals surface area contributed by atoms with E-state index >= 15 is 0 Å². The number of hydrogen-bond acceptors (Lipinski definition) is 5. The zero-order chi connectivity index (χ0) is 20.7. The molecule has 7 nitrogen and oxygen atoms in total. The van der Waals surface area contributed by atoms with E-state index in [1.807, 2.05) is 27.7 Å². The molecule has 0 saturated carbocycles. The van der Waals surface area contributed by atoms with Gasteiger partial charge >= 0.3 is 6.03 Å². The zero-order valence-electron chi connectivity index (χ0n) is 17.0. The lowest BCUT2D eigenvalue weighted by Gasteiger charge is -2.26. The highest BCUT2D eigenvalue weighted by atomic mass is 32.1. The minimum Gasteiger partial charge on any atom is -0.497 e. The number of carbonyl (C=O) groups excluding carboxylic acids is 2. The molecule has 0 aliphatic carbocycles. The first-order chi connectivity index (χ1) is 13.3. The van der Waals surface area contributed by atoms with Crippen LogP contribution in [0.5, 0.6) is 5.75 Å². The first-order valence-electron chi connectivity index (χ1n) is 9.31. The van der Waals surface area contributed by atoms with Crippen LogP contribution in [0.15, 0.2) is 29.6 Å². The number of thiazole rings is 1. The second kappa shape index (κ2) is 10.1. The molecule has 152 valence electrons. The molecule has 0 aliphatic heterocycles. The van der Waals surface area contributed by atoms with E-state index < -0.39 is 0 Å². The number of urea groups is 1. The quantitative estimate of drug-likeness (QED) is 0.693. The van der Waals surface area contributed by atoms with E-state index in [2.05, 4.69) is 15.6 Å². The second-order valence-corrected chi connectivity index (χ2v) is 7.73. The molecule has 0 aliphatic rings. The highest BCUT2D eigenvalue weighted by molar-refractivity contribution is 7.09. The number of ether oxygens (including phenoxy) is 1. The van der Waals surface area contributed by atoms with Crippen LogP contribution in [-0.2, 0) is 6.54 Å². The van der Waals surface area contributed by atoms with Crippen molar-refractivity contribution in [3.05, 3.63) is 40.3 Å². The molecule has 0 unspecified atom stereocenters. The largest absolute Gasteiger partial charge is 0.497 e.